The van der Waals surface area contributed by atoms with Crippen LogP contribution in [0.1, 0.15) is 10.4 Å². The van der Waals surface area contributed by atoms with Crippen molar-refractivity contribution in [2.45, 2.75) is 5.60 Å². The highest BCUT2D eigenvalue weighted by Crippen LogP contribution is 2.34. The third-order valence-corrected chi connectivity index (χ3v) is 4.74. The van der Waals surface area contributed by atoms with E-state index in [-0.39, 0.29) is 12.0 Å². The van der Waals surface area contributed by atoms with Gasteiger partial charge in [0.25, 0.3) is 5.91 Å². The molecule has 2 aromatic rings. The molecule has 0 aliphatic carbocycles. The van der Waals surface area contributed by atoms with Crippen molar-refractivity contribution in [3.05, 3.63) is 42.2 Å². The SMILES string of the molecule is COc1cccc(-c2c[nH]cc2C(=O)N2CC3(CN(C)C(=O)O3)C2)c1. The lowest BCUT2D eigenvalue weighted by atomic mass is 9.92. The summed E-state index contributed by atoms with van der Waals surface area (Å²) in [6, 6.07) is 7.59. The number of benzene rings is 1. The molecule has 1 aromatic carbocycles. The molecule has 1 aromatic heterocycles. The van der Waals surface area contributed by atoms with Crippen molar-refractivity contribution in [2.75, 3.05) is 33.8 Å². The van der Waals surface area contributed by atoms with Crippen molar-refractivity contribution < 1.29 is 19.1 Å². The molecule has 7 heteroatoms. The lowest BCUT2D eigenvalue weighted by Gasteiger charge is -2.45. The maximum Gasteiger partial charge on any atom is 0.410 e. The lowest BCUT2D eigenvalue weighted by Crippen LogP contribution is -2.65. The van der Waals surface area contributed by atoms with Crippen LogP contribution >= 0.6 is 0 Å². The third kappa shape index (κ3) is 2.52. The Hall–Kier alpha value is -2.96. The van der Waals surface area contributed by atoms with Crippen molar-refractivity contribution in [1.29, 1.82) is 0 Å². The van der Waals surface area contributed by atoms with E-state index in [2.05, 4.69) is 4.98 Å². The molecule has 25 heavy (non-hydrogen) atoms. The second-order valence-electron chi connectivity index (χ2n) is 6.58. The summed E-state index contributed by atoms with van der Waals surface area (Å²) in [7, 11) is 3.32. The van der Waals surface area contributed by atoms with Crippen molar-refractivity contribution in [3.8, 4) is 16.9 Å². The number of aromatic amines is 1. The van der Waals surface area contributed by atoms with Gasteiger partial charge in [-0.05, 0) is 17.7 Å². The molecule has 0 unspecified atom stereocenters. The van der Waals surface area contributed by atoms with E-state index in [0.29, 0.717) is 25.2 Å². The van der Waals surface area contributed by atoms with Gasteiger partial charge in [0.15, 0.2) is 5.60 Å². The summed E-state index contributed by atoms with van der Waals surface area (Å²) in [6.07, 6.45) is 3.18. The minimum absolute atomic E-state index is 0.0738. The Morgan fingerprint density at radius 1 is 1.28 bits per heavy atom. The molecular formula is C18H19N3O4. The number of carbonyl (C=O) groups excluding carboxylic acids is 2. The maximum absolute atomic E-state index is 12.9. The van der Waals surface area contributed by atoms with Crippen LogP contribution in [0.2, 0.25) is 0 Å². The van der Waals surface area contributed by atoms with E-state index in [1.165, 1.54) is 0 Å². The molecule has 2 saturated heterocycles. The predicted octanol–water partition coefficient (Wildman–Crippen LogP) is 1.97. The number of amides is 2. The zero-order chi connectivity index (χ0) is 17.6. The van der Waals surface area contributed by atoms with Gasteiger partial charge in [0, 0.05) is 25.0 Å². The van der Waals surface area contributed by atoms with Gasteiger partial charge in [-0.1, -0.05) is 12.1 Å². The summed E-state index contributed by atoms with van der Waals surface area (Å²) in [4.78, 5) is 30.7. The largest absolute Gasteiger partial charge is 0.497 e. The zero-order valence-corrected chi connectivity index (χ0v) is 14.1. The highest BCUT2D eigenvalue weighted by atomic mass is 16.6. The van der Waals surface area contributed by atoms with Crippen molar-refractivity contribution in [3.63, 3.8) is 0 Å². The third-order valence-electron chi connectivity index (χ3n) is 4.74. The van der Waals surface area contributed by atoms with Crippen LogP contribution < -0.4 is 4.74 Å². The number of carbonyl (C=O) groups is 2. The average molecular weight is 341 g/mol. The first-order valence-corrected chi connectivity index (χ1v) is 8.06. The minimum atomic E-state index is -0.548. The van der Waals surface area contributed by atoms with Gasteiger partial charge in [0.05, 0.1) is 32.3 Å². The highest BCUT2D eigenvalue weighted by molar-refractivity contribution is 6.01. The number of nitrogens with one attached hydrogen (secondary N) is 1. The Labute approximate surface area is 145 Å². The Morgan fingerprint density at radius 3 is 2.76 bits per heavy atom. The van der Waals surface area contributed by atoms with Crippen LogP contribution in [0.15, 0.2) is 36.7 Å². The van der Waals surface area contributed by atoms with Gasteiger partial charge in [-0.3, -0.25) is 4.79 Å². The summed E-state index contributed by atoms with van der Waals surface area (Å²) < 4.78 is 10.7. The number of hydrogen-bond acceptors (Lipinski definition) is 4. The topological polar surface area (TPSA) is 74.9 Å². The van der Waals surface area contributed by atoms with Crippen LogP contribution in [0.5, 0.6) is 5.75 Å². The Bertz CT molecular complexity index is 838. The average Bonchev–Trinajstić information content (AvgIpc) is 3.18. The zero-order valence-electron chi connectivity index (χ0n) is 14.1. The van der Waals surface area contributed by atoms with Gasteiger partial charge in [-0.25, -0.2) is 4.79 Å². The molecule has 1 N–H and O–H groups in total. The van der Waals surface area contributed by atoms with Crippen LogP contribution in [0.4, 0.5) is 4.79 Å². The van der Waals surface area contributed by atoms with Crippen LogP contribution in [-0.2, 0) is 4.74 Å². The highest BCUT2D eigenvalue weighted by Gasteiger charge is 2.54. The Balaban J connectivity index is 1.53. The first-order valence-electron chi connectivity index (χ1n) is 8.06. The summed E-state index contributed by atoms with van der Waals surface area (Å²) in [5.41, 5.74) is 1.78. The van der Waals surface area contributed by atoms with Crippen LogP contribution in [0, 0.1) is 0 Å². The van der Waals surface area contributed by atoms with Gasteiger partial charge < -0.3 is 24.3 Å². The van der Waals surface area contributed by atoms with E-state index >= 15 is 0 Å². The molecule has 1 spiro atoms. The van der Waals surface area contributed by atoms with Crippen molar-refractivity contribution >= 4 is 12.0 Å². The number of H-pyrrole nitrogens is 1. The van der Waals surface area contributed by atoms with Gasteiger partial charge in [0.1, 0.15) is 5.75 Å². The van der Waals surface area contributed by atoms with Gasteiger partial charge in [-0.2, -0.15) is 0 Å². The summed E-state index contributed by atoms with van der Waals surface area (Å²) >= 11 is 0. The second kappa shape index (κ2) is 5.54. The molecule has 0 atom stereocenters. The van der Waals surface area contributed by atoms with E-state index in [4.69, 9.17) is 9.47 Å². The van der Waals surface area contributed by atoms with E-state index < -0.39 is 5.60 Å². The van der Waals surface area contributed by atoms with E-state index in [1.807, 2.05) is 24.3 Å². The summed E-state index contributed by atoms with van der Waals surface area (Å²) in [5.74, 6) is 0.663. The van der Waals surface area contributed by atoms with Crippen LogP contribution in [0.25, 0.3) is 11.1 Å². The number of ether oxygens (including phenoxy) is 2. The van der Waals surface area contributed by atoms with E-state index in [1.54, 1.807) is 36.4 Å². The number of hydrogen-bond donors (Lipinski definition) is 1. The number of nitrogens with zero attached hydrogens (tertiary/aromatic N) is 2. The molecule has 3 heterocycles. The maximum atomic E-state index is 12.9. The quantitative estimate of drug-likeness (QED) is 0.926. The molecule has 130 valence electrons. The minimum Gasteiger partial charge on any atom is -0.497 e. The number of rotatable bonds is 3. The first-order chi connectivity index (χ1) is 12.0. The first kappa shape index (κ1) is 15.6. The summed E-state index contributed by atoms with van der Waals surface area (Å²) in [5, 5.41) is 0. The molecule has 0 saturated carbocycles. The fourth-order valence-electron chi connectivity index (χ4n) is 3.49. The normalized spacial score (nSPS) is 18.2. The fraction of sp³-hybridized carbons (Fsp3) is 0.333. The number of likely N-dealkylation sites (N-methyl/N-ethyl adjacent to an activating group) is 1. The lowest BCUT2D eigenvalue weighted by molar-refractivity contribution is -0.0581. The van der Waals surface area contributed by atoms with Gasteiger partial charge in [-0.15, -0.1) is 0 Å². The number of methoxy groups -OCH3 is 1. The summed E-state index contributed by atoms with van der Waals surface area (Å²) in [6.45, 7) is 1.36. The van der Waals surface area contributed by atoms with Crippen LogP contribution in [0.3, 0.4) is 0 Å². The van der Waals surface area contributed by atoms with Crippen molar-refractivity contribution in [2.24, 2.45) is 0 Å². The molecule has 7 nitrogen and oxygen atoms in total. The fourth-order valence-corrected chi connectivity index (χ4v) is 3.49. The number of likely N-dealkylation sites (tertiary alicyclic amines) is 1. The molecule has 2 aliphatic heterocycles. The molecule has 0 bridgehead atoms. The second-order valence-corrected chi connectivity index (χ2v) is 6.58. The van der Waals surface area contributed by atoms with Crippen molar-refractivity contribution in [1.82, 2.24) is 14.8 Å². The van der Waals surface area contributed by atoms with Gasteiger partial charge in [0.2, 0.25) is 0 Å². The molecule has 2 fully saturated rings. The molecule has 2 amide bonds. The van der Waals surface area contributed by atoms with Crippen LogP contribution in [-0.4, -0.2) is 66.2 Å². The number of aromatic nitrogens is 1. The standard InChI is InChI=1S/C18H19N3O4/c1-20-9-18(25-17(20)23)10-21(11-18)16(22)15-8-19-7-14(15)12-4-3-5-13(6-12)24-2/h3-8,19H,9-11H2,1-2H3. The molecular weight excluding hydrogens is 322 g/mol. The van der Waals surface area contributed by atoms with E-state index in [0.717, 1.165) is 16.9 Å². The predicted molar refractivity (Wildman–Crippen MR) is 90.5 cm³/mol. The van der Waals surface area contributed by atoms with Gasteiger partial charge >= 0.3 is 6.09 Å². The van der Waals surface area contributed by atoms with E-state index in [9.17, 15) is 9.59 Å². The molecule has 0 radical (unpaired) electrons. The Kier molecular flexibility index (Phi) is 3.45. The smallest absolute Gasteiger partial charge is 0.410 e. The monoisotopic (exact) mass is 341 g/mol. The Morgan fingerprint density at radius 2 is 2.08 bits per heavy atom. The molecule has 2 aliphatic rings. The molecule has 4 rings (SSSR count).